The van der Waals surface area contributed by atoms with Crippen LogP contribution in [0.15, 0.2) is 84.5 Å². The highest BCUT2D eigenvalue weighted by molar-refractivity contribution is 5.96. The molecule has 1 amide bonds. The largest absolute Gasteiger partial charge is 0.509 e. The van der Waals surface area contributed by atoms with Gasteiger partial charge in [0.2, 0.25) is 6.10 Å². The average molecular weight is 1090 g/mol. The van der Waals surface area contributed by atoms with E-state index in [1.54, 1.807) is 24.3 Å². The summed E-state index contributed by atoms with van der Waals surface area (Å²) >= 11 is 0. The molecule has 2 aromatic carbocycles. The predicted octanol–water partition coefficient (Wildman–Crippen LogP) is 5.44. The Morgan fingerprint density at radius 2 is 1.44 bits per heavy atom. The number of Topliss-reactive ketones (excluding diaryl/α,β-unsaturated/α-hetero) is 1. The summed E-state index contributed by atoms with van der Waals surface area (Å²) in [5, 5.41) is 35.5. The number of hydrogen-bond acceptors (Lipinski definition) is 20. The van der Waals surface area contributed by atoms with Crippen LogP contribution in [-0.2, 0) is 76.2 Å². The van der Waals surface area contributed by atoms with Crippen molar-refractivity contribution in [3.05, 3.63) is 95.6 Å². The minimum Gasteiger partial charge on any atom is -0.481 e. The molecule has 4 N–H and O–H groups in total. The maximum atomic E-state index is 16.4. The molecular weight excluding hydrogens is 1030 g/mol. The van der Waals surface area contributed by atoms with Crippen LogP contribution in [0.5, 0.6) is 0 Å². The standard InChI is InChI=1S/C55H65NO22/c1-8-26-71-51(68)76-44(42(56-50(67)70-9-2)32-18-12-10-13-19-32)49(66)73-34-28-55(69)47(77-48(65)33-20-14-11-15-21-33)45-53(7,46(64)43(41(30(34)3)52(55,5)6)75-40(63)25-17-23-38(60)61)35(74-39(62)24-16-22-37(58)59)27-36-54(45,29-72-36)78-31(4)57/h8,10-15,18-21,34-36,42-45,47,69H,1,9,16-17,22-29H2,2-7H3,(H,56,67)(H,58,59)(H,60,61)/t34?,35?,36-,42?,43-,44-,45+,47+,53-,54+,55-/m1/s1. The summed E-state index contributed by atoms with van der Waals surface area (Å²) in [6.45, 7) is 10.7. The second-order valence-corrected chi connectivity index (χ2v) is 20.2. The van der Waals surface area contributed by atoms with Crippen molar-refractivity contribution >= 4 is 59.8 Å². The first-order valence-corrected chi connectivity index (χ1v) is 25.4. The third kappa shape index (κ3) is 12.4. The summed E-state index contributed by atoms with van der Waals surface area (Å²) in [4.78, 5) is 137. The maximum absolute atomic E-state index is 16.4. The zero-order chi connectivity index (χ0) is 57.3. The number of aliphatic carboxylic acids is 2. The normalized spacial score (nSPS) is 27.3. The number of ketones is 1. The molecule has 78 heavy (non-hydrogen) atoms. The van der Waals surface area contributed by atoms with Gasteiger partial charge in [-0.05, 0) is 62.5 Å². The molecule has 6 rings (SSSR count). The molecule has 3 fully saturated rings. The topological polar surface area (TPSA) is 326 Å². The molecule has 1 saturated heterocycles. The Bertz CT molecular complexity index is 2670. The van der Waals surface area contributed by atoms with Gasteiger partial charge in [-0.3, -0.25) is 28.8 Å². The zero-order valence-corrected chi connectivity index (χ0v) is 44.1. The lowest BCUT2D eigenvalue weighted by atomic mass is 9.44. The van der Waals surface area contributed by atoms with Crippen LogP contribution in [0.4, 0.5) is 9.59 Å². The molecular formula is C55H65NO22. The average Bonchev–Trinajstić information content (AvgIpc) is 3.53. The molecule has 0 aromatic heterocycles. The lowest BCUT2D eigenvalue weighted by Crippen LogP contribution is -2.82. The van der Waals surface area contributed by atoms with E-state index in [9.17, 15) is 53.7 Å². The van der Waals surface area contributed by atoms with E-state index in [2.05, 4.69) is 11.9 Å². The predicted molar refractivity (Wildman–Crippen MR) is 266 cm³/mol. The molecule has 422 valence electrons. The number of aliphatic hydroxyl groups is 1. The van der Waals surface area contributed by atoms with E-state index in [0.29, 0.717) is 0 Å². The van der Waals surface area contributed by atoms with E-state index >= 15 is 9.59 Å². The first-order chi connectivity index (χ1) is 36.9. The van der Waals surface area contributed by atoms with Crippen molar-refractivity contribution in [2.45, 2.75) is 147 Å². The van der Waals surface area contributed by atoms with Gasteiger partial charge in [0.15, 0.2) is 17.5 Å². The van der Waals surface area contributed by atoms with Crippen LogP contribution in [0.2, 0.25) is 0 Å². The van der Waals surface area contributed by atoms with Crippen LogP contribution in [-0.4, -0.2) is 143 Å². The number of carboxylic acids is 2. The second kappa shape index (κ2) is 24.8. The number of carbonyl (C=O) groups is 10. The van der Waals surface area contributed by atoms with E-state index in [4.69, 9.17) is 42.6 Å². The SMILES string of the molecule is C=CCOC(=O)O[C@@H](C(=O)OC1C[C@@]2(O)[C@@H](OC(=O)c3ccccc3)[C@@H]3[C@]4(OC(C)=O)CO[C@@H]4CC(OC(=O)CCCC(=O)O)[C@@]3(C)C(=O)[C@H](OC(=O)CCCC(=O)O)C(=C1C)C2(C)C)C(NC(=O)OCC)c1ccccc1. The number of carbonyl (C=O) groups excluding carboxylic acids is 8. The van der Waals surface area contributed by atoms with E-state index in [1.165, 1.54) is 77.1 Å². The van der Waals surface area contributed by atoms with Gasteiger partial charge in [0.1, 0.15) is 42.7 Å². The highest BCUT2D eigenvalue weighted by Gasteiger charge is 2.79. The smallest absolute Gasteiger partial charge is 0.481 e. The second-order valence-electron chi connectivity index (χ2n) is 20.2. The fraction of sp³-hybridized carbons (Fsp3) is 0.527. The van der Waals surface area contributed by atoms with Gasteiger partial charge in [0, 0.05) is 50.9 Å². The molecule has 23 heteroatoms. The van der Waals surface area contributed by atoms with Crippen molar-refractivity contribution in [1.29, 1.82) is 0 Å². The van der Waals surface area contributed by atoms with E-state index < -0.39 is 169 Å². The van der Waals surface area contributed by atoms with Crippen LogP contribution < -0.4 is 5.32 Å². The van der Waals surface area contributed by atoms with Crippen molar-refractivity contribution in [3.63, 3.8) is 0 Å². The van der Waals surface area contributed by atoms with Gasteiger partial charge in [-0.25, -0.2) is 19.2 Å². The molecule has 11 atom stereocenters. The molecule has 0 radical (unpaired) electrons. The number of carboxylic acid groups (broad SMARTS) is 2. The maximum Gasteiger partial charge on any atom is 0.509 e. The molecule has 0 spiro atoms. The first-order valence-electron chi connectivity index (χ1n) is 25.4. The van der Waals surface area contributed by atoms with Crippen molar-refractivity contribution in [2.24, 2.45) is 16.7 Å². The molecule has 3 unspecified atom stereocenters. The van der Waals surface area contributed by atoms with Crippen molar-refractivity contribution < 1.29 is 106 Å². The molecule has 4 aliphatic rings. The number of benzene rings is 2. The molecule has 1 aliphatic heterocycles. The third-order valence-electron chi connectivity index (χ3n) is 15.0. The number of rotatable bonds is 22. The quantitative estimate of drug-likeness (QED) is 0.0648. The Hall–Kier alpha value is -7.66. The first kappa shape index (κ1) is 59.6. The molecule has 1 heterocycles. The van der Waals surface area contributed by atoms with E-state index in [0.717, 1.165) is 6.92 Å². The fourth-order valence-corrected chi connectivity index (χ4v) is 11.2. The summed E-state index contributed by atoms with van der Waals surface area (Å²) in [6, 6.07) is 13.7. The summed E-state index contributed by atoms with van der Waals surface area (Å²) in [5.74, 6) is -10.8. The Kier molecular flexibility index (Phi) is 18.9. The van der Waals surface area contributed by atoms with Crippen LogP contribution >= 0.6 is 0 Å². The highest BCUT2D eigenvalue weighted by atomic mass is 16.7. The number of nitrogens with one attached hydrogen (secondary N) is 1. The van der Waals surface area contributed by atoms with Gasteiger partial charge in [-0.15, -0.1) is 0 Å². The summed E-state index contributed by atoms with van der Waals surface area (Å²) in [5.41, 5.74) is -9.08. The van der Waals surface area contributed by atoms with Crippen LogP contribution in [0.1, 0.15) is 115 Å². The Balaban J connectivity index is 1.64. The number of hydrogen-bond donors (Lipinski definition) is 4. The number of alkyl carbamates (subject to hydrolysis) is 1. The Morgan fingerprint density at radius 1 is 0.833 bits per heavy atom. The Morgan fingerprint density at radius 3 is 1.99 bits per heavy atom. The van der Waals surface area contributed by atoms with Crippen LogP contribution in [0.3, 0.4) is 0 Å². The number of fused-ring (bicyclic) bond motifs is 5. The number of esters is 5. The van der Waals surface area contributed by atoms with Gasteiger partial charge in [0.25, 0.3) is 0 Å². The van der Waals surface area contributed by atoms with Crippen LogP contribution in [0.25, 0.3) is 0 Å². The van der Waals surface area contributed by atoms with Gasteiger partial charge >= 0.3 is 54.0 Å². The fourth-order valence-electron chi connectivity index (χ4n) is 11.2. The summed E-state index contributed by atoms with van der Waals surface area (Å²) in [7, 11) is 0. The zero-order valence-electron chi connectivity index (χ0n) is 44.1. The molecule has 3 aliphatic carbocycles. The van der Waals surface area contributed by atoms with Gasteiger partial charge in [-0.1, -0.05) is 75.0 Å². The lowest BCUT2D eigenvalue weighted by Gasteiger charge is -2.67. The van der Waals surface area contributed by atoms with Crippen molar-refractivity contribution in [3.8, 4) is 0 Å². The lowest BCUT2D eigenvalue weighted by molar-refractivity contribution is -0.346. The molecule has 2 bridgehead atoms. The van der Waals surface area contributed by atoms with Crippen molar-refractivity contribution in [1.82, 2.24) is 5.32 Å². The van der Waals surface area contributed by atoms with Gasteiger partial charge < -0.3 is 63.3 Å². The summed E-state index contributed by atoms with van der Waals surface area (Å²) < 4.78 is 53.1. The third-order valence-corrected chi connectivity index (χ3v) is 15.0. The number of amides is 1. The molecule has 2 saturated carbocycles. The highest BCUT2D eigenvalue weighted by Crippen LogP contribution is 2.65. The Labute approximate surface area is 448 Å². The molecule has 2 aromatic rings. The van der Waals surface area contributed by atoms with Crippen molar-refractivity contribution in [2.75, 3.05) is 19.8 Å². The number of ether oxygens (including phenoxy) is 9. The molecule has 23 nitrogen and oxygen atoms in total. The minimum atomic E-state index is -2.67. The monoisotopic (exact) mass is 1090 g/mol. The summed E-state index contributed by atoms with van der Waals surface area (Å²) in [6.07, 6.45) is -15.8. The van der Waals surface area contributed by atoms with E-state index in [-0.39, 0.29) is 54.7 Å². The van der Waals surface area contributed by atoms with Gasteiger partial charge in [0.05, 0.1) is 30.1 Å². The van der Waals surface area contributed by atoms with Crippen LogP contribution in [0, 0.1) is 16.7 Å². The van der Waals surface area contributed by atoms with E-state index in [1.807, 2.05) is 0 Å². The van der Waals surface area contributed by atoms with Gasteiger partial charge in [-0.2, -0.15) is 0 Å². The minimum absolute atomic E-state index is 0.0370.